The first-order chi connectivity index (χ1) is 20.8. The summed E-state index contributed by atoms with van der Waals surface area (Å²) in [5.41, 5.74) is 0.304. The van der Waals surface area contributed by atoms with E-state index in [4.69, 9.17) is 37.4 Å². The first-order valence-corrected chi connectivity index (χ1v) is 15.7. The van der Waals surface area contributed by atoms with Gasteiger partial charge in [-0.2, -0.15) is 13.5 Å². The van der Waals surface area contributed by atoms with Crippen LogP contribution in [0.3, 0.4) is 0 Å². The molecule has 2 aromatic carbocycles. The van der Waals surface area contributed by atoms with Gasteiger partial charge in [-0.05, 0) is 48.6 Å². The van der Waals surface area contributed by atoms with E-state index in [0.717, 1.165) is 31.5 Å². The number of benzene rings is 2. The number of esters is 2. The number of ether oxygens (including phenoxy) is 4. The van der Waals surface area contributed by atoms with E-state index >= 15 is 0 Å². The van der Waals surface area contributed by atoms with Crippen molar-refractivity contribution in [1.29, 1.82) is 0 Å². The molecule has 11 nitrogen and oxygen atoms in total. The van der Waals surface area contributed by atoms with Gasteiger partial charge in [0.25, 0.3) is 0 Å². The van der Waals surface area contributed by atoms with E-state index in [1.165, 1.54) is 42.5 Å². The SMILES string of the molecule is CS(=O)(=O)Nc1ccccc1C(=O)OCC(=O)O[C@@H](Cc1c(Cl)c[n+]([O-])cc1Cl)c1ccc(OC(F)F)c(OCC2CC2)c1. The summed E-state index contributed by atoms with van der Waals surface area (Å²) in [6.45, 7) is -3.73. The van der Waals surface area contributed by atoms with Gasteiger partial charge in [-0.3, -0.25) is 4.72 Å². The third-order valence-corrected chi connectivity index (χ3v) is 7.45. The highest BCUT2D eigenvalue weighted by Gasteiger charge is 2.27. The second-order valence-corrected chi connectivity index (χ2v) is 12.4. The molecule has 44 heavy (non-hydrogen) atoms. The Hall–Kier alpha value is -3.88. The van der Waals surface area contributed by atoms with Crippen LogP contribution in [0.1, 0.15) is 40.4 Å². The van der Waals surface area contributed by atoms with E-state index in [1.807, 2.05) is 0 Å². The maximum Gasteiger partial charge on any atom is 0.387 e. The lowest BCUT2D eigenvalue weighted by Gasteiger charge is -2.21. The number of para-hydroxylation sites is 1. The number of sulfonamides is 1. The van der Waals surface area contributed by atoms with Crippen molar-refractivity contribution in [3.8, 4) is 11.5 Å². The number of hydrogen-bond acceptors (Lipinski definition) is 9. The van der Waals surface area contributed by atoms with Crippen LogP contribution in [0, 0.1) is 11.1 Å². The molecule has 1 aliphatic carbocycles. The predicted octanol–water partition coefficient (Wildman–Crippen LogP) is 5.07. The lowest BCUT2D eigenvalue weighted by molar-refractivity contribution is -0.605. The number of carbonyl (C=O) groups is 2. The van der Waals surface area contributed by atoms with Gasteiger partial charge in [0, 0.05) is 12.0 Å². The van der Waals surface area contributed by atoms with Gasteiger partial charge in [0.15, 0.2) is 30.5 Å². The highest BCUT2D eigenvalue weighted by atomic mass is 35.5. The molecule has 3 aromatic rings. The van der Waals surface area contributed by atoms with Crippen LogP contribution in [0.25, 0.3) is 0 Å². The summed E-state index contributed by atoms with van der Waals surface area (Å²) in [4.78, 5) is 25.6. The molecular formula is C28H26Cl2F2N2O9S. The fourth-order valence-electron chi connectivity index (χ4n) is 4.01. The van der Waals surface area contributed by atoms with Crippen LogP contribution in [-0.2, 0) is 30.7 Å². The quantitative estimate of drug-likeness (QED) is 0.141. The number of rotatable bonds is 14. The zero-order valence-electron chi connectivity index (χ0n) is 23.0. The Morgan fingerprint density at radius 2 is 1.77 bits per heavy atom. The summed E-state index contributed by atoms with van der Waals surface area (Å²) in [6, 6.07) is 9.59. The number of aromatic nitrogens is 1. The molecule has 1 fully saturated rings. The van der Waals surface area contributed by atoms with Gasteiger partial charge in [0.05, 0.1) is 24.1 Å². The average Bonchev–Trinajstić information content (AvgIpc) is 3.76. The minimum atomic E-state index is -3.72. The minimum Gasteiger partial charge on any atom is -0.619 e. The number of carbonyl (C=O) groups excluding carboxylic acids is 2. The van der Waals surface area contributed by atoms with Crippen molar-refractivity contribution in [2.45, 2.75) is 32.0 Å². The molecule has 1 aromatic heterocycles. The fraction of sp³-hybridized carbons (Fsp3) is 0.321. The lowest BCUT2D eigenvalue weighted by atomic mass is 10.0. The molecule has 16 heteroatoms. The van der Waals surface area contributed by atoms with E-state index in [-0.39, 0.29) is 62.9 Å². The largest absolute Gasteiger partial charge is 0.619 e. The highest BCUT2D eigenvalue weighted by molar-refractivity contribution is 7.92. The molecule has 1 N–H and O–H groups in total. The van der Waals surface area contributed by atoms with Crippen molar-refractivity contribution in [3.05, 3.63) is 86.8 Å². The van der Waals surface area contributed by atoms with Crippen molar-refractivity contribution >= 4 is 50.9 Å². The smallest absolute Gasteiger partial charge is 0.387 e. The van der Waals surface area contributed by atoms with Crippen LogP contribution < -0.4 is 18.9 Å². The van der Waals surface area contributed by atoms with Gasteiger partial charge in [0.2, 0.25) is 10.0 Å². The van der Waals surface area contributed by atoms with Crippen LogP contribution in [-0.4, -0.2) is 46.4 Å². The third-order valence-electron chi connectivity index (χ3n) is 6.21. The summed E-state index contributed by atoms with van der Waals surface area (Å²) in [5, 5.41) is 11.7. The Bertz CT molecular complexity index is 1620. The number of nitrogens with one attached hydrogen (secondary N) is 1. The summed E-state index contributed by atoms with van der Waals surface area (Å²) in [5.74, 6) is -2.00. The van der Waals surface area contributed by atoms with E-state index in [9.17, 15) is 32.0 Å². The van der Waals surface area contributed by atoms with E-state index in [2.05, 4.69) is 9.46 Å². The zero-order valence-corrected chi connectivity index (χ0v) is 25.3. The Morgan fingerprint density at radius 1 is 1.09 bits per heavy atom. The van der Waals surface area contributed by atoms with Crippen LogP contribution in [0.15, 0.2) is 54.9 Å². The van der Waals surface area contributed by atoms with Crippen molar-refractivity contribution < 1.29 is 50.5 Å². The monoisotopic (exact) mass is 674 g/mol. The molecule has 0 saturated heterocycles. The summed E-state index contributed by atoms with van der Waals surface area (Å²) in [6.07, 6.45) is 3.53. The lowest BCUT2D eigenvalue weighted by Crippen LogP contribution is -2.26. The molecule has 1 heterocycles. The molecule has 1 atom stereocenters. The van der Waals surface area contributed by atoms with Crippen LogP contribution in [0.4, 0.5) is 14.5 Å². The minimum absolute atomic E-state index is 0.0141. The summed E-state index contributed by atoms with van der Waals surface area (Å²) in [7, 11) is -3.72. The van der Waals surface area contributed by atoms with Crippen molar-refractivity contribution in [3.63, 3.8) is 0 Å². The zero-order chi connectivity index (χ0) is 32.0. The Labute approximate surface area is 261 Å². The molecule has 236 valence electrons. The molecule has 4 rings (SSSR count). The Kier molecular flexibility index (Phi) is 10.7. The van der Waals surface area contributed by atoms with Crippen molar-refractivity contribution in [1.82, 2.24) is 0 Å². The normalized spacial score (nSPS) is 13.7. The second-order valence-electron chi connectivity index (χ2n) is 9.81. The first-order valence-electron chi connectivity index (χ1n) is 13.0. The molecule has 0 bridgehead atoms. The van der Waals surface area contributed by atoms with Crippen molar-refractivity contribution in [2.24, 2.45) is 5.92 Å². The number of nitrogens with zero attached hydrogens (tertiary/aromatic N) is 1. The molecule has 0 amide bonds. The second kappa shape index (κ2) is 14.3. The van der Waals surface area contributed by atoms with Crippen molar-refractivity contribution in [2.75, 3.05) is 24.2 Å². The molecular weight excluding hydrogens is 649 g/mol. The molecule has 0 aliphatic heterocycles. The topological polar surface area (TPSA) is 144 Å². The molecule has 0 unspecified atom stereocenters. The van der Waals surface area contributed by atoms with E-state index < -0.39 is 41.3 Å². The van der Waals surface area contributed by atoms with E-state index in [1.54, 1.807) is 0 Å². The standard InChI is InChI=1S/C28H26Cl2F2N2O9S/c1-44(38,39)33-22-5-3-2-4-18(22)27(36)41-15-26(35)42-24(11-19-20(29)12-34(37)13-21(19)30)17-8-9-23(43-28(31)32)25(10-17)40-14-16-6-7-16/h2-5,8-10,12-13,16,24,28,33H,6-7,11,14-15H2,1H3/t24-/m0/s1. The van der Waals surface area contributed by atoms with Gasteiger partial charge in [0.1, 0.15) is 16.1 Å². The highest BCUT2D eigenvalue weighted by Crippen LogP contribution is 2.37. The number of halogens is 4. The molecule has 1 aliphatic rings. The first kappa shape index (κ1) is 33.0. The van der Waals surface area contributed by atoms with Gasteiger partial charge >= 0.3 is 18.6 Å². The number of hydrogen-bond donors (Lipinski definition) is 1. The van der Waals surface area contributed by atoms with Gasteiger partial charge in [-0.1, -0.05) is 41.4 Å². The Morgan fingerprint density at radius 3 is 2.41 bits per heavy atom. The maximum atomic E-state index is 13.1. The van der Waals surface area contributed by atoms with Crippen LogP contribution in [0.2, 0.25) is 10.0 Å². The number of pyridine rings is 1. The van der Waals surface area contributed by atoms with Gasteiger partial charge in [-0.25, -0.2) is 18.0 Å². The number of alkyl halides is 2. The fourth-order valence-corrected chi connectivity index (χ4v) is 5.18. The molecule has 0 radical (unpaired) electrons. The predicted molar refractivity (Wildman–Crippen MR) is 154 cm³/mol. The number of anilines is 1. The third kappa shape index (κ3) is 9.56. The summed E-state index contributed by atoms with van der Waals surface area (Å²) >= 11 is 12.5. The maximum absolute atomic E-state index is 13.1. The van der Waals surface area contributed by atoms with E-state index in [0.29, 0.717) is 4.73 Å². The molecule has 0 spiro atoms. The van der Waals surface area contributed by atoms with Crippen LogP contribution >= 0.6 is 23.2 Å². The average molecular weight is 675 g/mol. The van der Waals surface area contributed by atoms with Gasteiger partial charge in [-0.15, -0.1) is 0 Å². The van der Waals surface area contributed by atoms with Crippen LogP contribution in [0.5, 0.6) is 11.5 Å². The Balaban J connectivity index is 1.57. The summed E-state index contributed by atoms with van der Waals surface area (Å²) < 4.78 is 73.0. The molecule has 1 saturated carbocycles. The van der Waals surface area contributed by atoms with Gasteiger partial charge < -0.3 is 24.2 Å².